The molecule has 25 heavy (non-hydrogen) atoms. The van der Waals surface area contributed by atoms with Gasteiger partial charge in [-0.05, 0) is 31.0 Å². The van der Waals surface area contributed by atoms with Crippen LogP contribution in [-0.2, 0) is 16.0 Å². The number of carbonyl (C=O) groups is 2. The van der Waals surface area contributed by atoms with E-state index in [1.165, 1.54) is 0 Å². The van der Waals surface area contributed by atoms with E-state index in [0.717, 1.165) is 12.0 Å². The summed E-state index contributed by atoms with van der Waals surface area (Å²) in [6.07, 6.45) is -0.868. The van der Waals surface area contributed by atoms with Crippen molar-refractivity contribution >= 4 is 11.8 Å². The van der Waals surface area contributed by atoms with Gasteiger partial charge in [0.15, 0.2) is 17.6 Å². The highest BCUT2D eigenvalue weighted by molar-refractivity contribution is 6.00. The van der Waals surface area contributed by atoms with E-state index in [4.69, 9.17) is 14.2 Å². The molecule has 0 bridgehead atoms. The molecule has 130 valence electrons. The van der Waals surface area contributed by atoms with Crippen LogP contribution in [0.15, 0.2) is 48.5 Å². The van der Waals surface area contributed by atoms with Gasteiger partial charge in [0.05, 0.1) is 0 Å². The minimum atomic E-state index is -0.888. The van der Waals surface area contributed by atoms with Gasteiger partial charge < -0.3 is 14.2 Å². The summed E-state index contributed by atoms with van der Waals surface area (Å²) in [4.78, 5) is 24.7. The van der Waals surface area contributed by atoms with Crippen LogP contribution >= 0.6 is 0 Å². The maximum atomic E-state index is 12.4. The van der Waals surface area contributed by atoms with E-state index in [1.54, 1.807) is 37.3 Å². The minimum Gasteiger partial charge on any atom is -0.485 e. The molecule has 0 unspecified atom stereocenters. The Kier molecular flexibility index (Phi) is 5.03. The summed E-state index contributed by atoms with van der Waals surface area (Å²) in [5.41, 5.74) is 1.66. The van der Waals surface area contributed by atoms with Crippen LogP contribution in [0.1, 0.15) is 29.8 Å². The highest BCUT2D eigenvalue weighted by Crippen LogP contribution is 2.31. The summed E-state index contributed by atoms with van der Waals surface area (Å²) in [6, 6.07) is 14.4. The Morgan fingerprint density at radius 1 is 1.12 bits per heavy atom. The molecule has 0 aliphatic carbocycles. The summed E-state index contributed by atoms with van der Waals surface area (Å²) < 4.78 is 16.4. The van der Waals surface area contributed by atoms with Crippen LogP contribution in [0.4, 0.5) is 0 Å². The smallest absolute Gasteiger partial charge is 0.351 e. The van der Waals surface area contributed by atoms with E-state index in [9.17, 15) is 9.59 Å². The zero-order chi connectivity index (χ0) is 17.8. The lowest BCUT2D eigenvalue weighted by atomic mass is 10.0. The fourth-order valence-electron chi connectivity index (χ4n) is 2.58. The third-order valence-corrected chi connectivity index (χ3v) is 4.08. The summed E-state index contributed by atoms with van der Waals surface area (Å²) in [5, 5.41) is 0. The molecule has 5 nitrogen and oxygen atoms in total. The predicted octanol–water partition coefficient (Wildman–Crippen LogP) is 3.20. The summed E-state index contributed by atoms with van der Waals surface area (Å²) in [5.74, 6) is 0.227. The highest BCUT2D eigenvalue weighted by Gasteiger charge is 2.31. The number of Topliss-reactive ketones (excluding diaryl/α,β-unsaturated/α-hetero) is 1. The molecule has 0 radical (unpaired) electrons. The Bertz CT molecular complexity index is 766. The number of benzene rings is 2. The number of hydrogen-bond donors (Lipinski definition) is 0. The van der Waals surface area contributed by atoms with Crippen molar-refractivity contribution in [2.75, 3.05) is 6.61 Å². The predicted molar refractivity (Wildman–Crippen MR) is 92.1 cm³/mol. The number of fused-ring (bicyclic) bond motifs is 1. The molecule has 0 N–H and O–H groups in total. The van der Waals surface area contributed by atoms with E-state index >= 15 is 0 Å². The number of carbonyl (C=O) groups excluding carboxylic acids is 2. The van der Waals surface area contributed by atoms with Crippen molar-refractivity contribution in [2.45, 2.75) is 32.5 Å². The van der Waals surface area contributed by atoms with Crippen LogP contribution in [0.25, 0.3) is 0 Å². The molecule has 0 saturated heterocycles. The first-order chi connectivity index (χ1) is 12.1. The molecule has 1 aliphatic rings. The van der Waals surface area contributed by atoms with E-state index in [2.05, 4.69) is 0 Å². The van der Waals surface area contributed by atoms with Gasteiger partial charge in [-0.2, -0.15) is 0 Å². The van der Waals surface area contributed by atoms with Gasteiger partial charge >= 0.3 is 5.97 Å². The van der Waals surface area contributed by atoms with Crippen LogP contribution < -0.4 is 9.47 Å². The fraction of sp³-hybridized carbons (Fsp3) is 0.300. The molecule has 1 heterocycles. The van der Waals surface area contributed by atoms with E-state index < -0.39 is 18.2 Å². The average Bonchev–Trinajstić information content (AvgIpc) is 2.67. The lowest BCUT2D eigenvalue weighted by Gasteiger charge is -2.25. The number of ether oxygens (including phenoxy) is 3. The number of ketones is 1. The van der Waals surface area contributed by atoms with Crippen molar-refractivity contribution in [3.05, 3.63) is 59.7 Å². The molecule has 5 heteroatoms. The molecule has 2 atom stereocenters. The molecule has 1 aliphatic heterocycles. The van der Waals surface area contributed by atoms with Crippen LogP contribution in [0, 0.1) is 0 Å². The molecule has 0 fully saturated rings. The van der Waals surface area contributed by atoms with Crippen molar-refractivity contribution in [1.82, 2.24) is 0 Å². The molecule has 2 aromatic rings. The van der Waals surface area contributed by atoms with Crippen molar-refractivity contribution in [2.24, 2.45) is 0 Å². The van der Waals surface area contributed by atoms with Crippen LogP contribution in [0.2, 0.25) is 0 Å². The van der Waals surface area contributed by atoms with E-state index in [1.807, 2.05) is 25.1 Å². The minimum absolute atomic E-state index is 0.0575. The normalized spacial score (nSPS) is 16.8. The Labute approximate surface area is 146 Å². The Balaban J connectivity index is 1.61. The zero-order valence-electron chi connectivity index (χ0n) is 14.2. The Hall–Kier alpha value is -2.82. The lowest BCUT2D eigenvalue weighted by Crippen LogP contribution is -2.40. The average molecular weight is 340 g/mol. The number of rotatable bonds is 5. The topological polar surface area (TPSA) is 61.8 Å². The SMILES string of the molecule is CCc1ccc(C(=O)[C@@H](C)OC(=O)[C@H]2COc3ccccc3O2)cc1. The van der Waals surface area contributed by atoms with E-state index in [-0.39, 0.29) is 12.4 Å². The molecule has 0 spiro atoms. The second-order valence-corrected chi connectivity index (χ2v) is 5.86. The Morgan fingerprint density at radius 2 is 1.80 bits per heavy atom. The van der Waals surface area contributed by atoms with Crippen molar-refractivity contribution in [3.63, 3.8) is 0 Å². The molecule has 0 aromatic heterocycles. The second-order valence-electron chi connectivity index (χ2n) is 5.86. The molecule has 0 saturated carbocycles. The number of aryl methyl sites for hydroxylation is 1. The highest BCUT2D eigenvalue weighted by atomic mass is 16.6. The van der Waals surface area contributed by atoms with Crippen molar-refractivity contribution < 1.29 is 23.8 Å². The Morgan fingerprint density at radius 3 is 2.48 bits per heavy atom. The molecular formula is C20H20O5. The first kappa shape index (κ1) is 17.0. The quantitative estimate of drug-likeness (QED) is 0.618. The van der Waals surface area contributed by atoms with Crippen LogP contribution in [-0.4, -0.2) is 30.6 Å². The van der Waals surface area contributed by atoms with Gasteiger partial charge in [-0.15, -0.1) is 0 Å². The molecule has 3 rings (SSSR count). The van der Waals surface area contributed by atoms with Crippen LogP contribution in [0.5, 0.6) is 11.5 Å². The largest absolute Gasteiger partial charge is 0.485 e. The summed E-state index contributed by atoms with van der Waals surface area (Å²) in [6.45, 7) is 3.67. The van der Waals surface area contributed by atoms with Gasteiger partial charge in [-0.25, -0.2) is 4.79 Å². The number of hydrogen-bond acceptors (Lipinski definition) is 5. The van der Waals surface area contributed by atoms with E-state index in [0.29, 0.717) is 17.1 Å². The first-order valence-electron chi connectivity index (χ1n) is 8.30. The fourth-order valence-corrected chi connectivity index (χ4v) is 2.58. The monoisotopic (exact) mass is 340 g/mol. The third kappa shape index (κ3) is 3.82. The van der Waals surface area contributed by atoms with Gasteiger partial charge in [-0.1, -0.05) is 43.3 Å². The maximum Gasteiger partial charge on any atom is 0.351 e. The van der Waals surface area contributed by atoms with Crippen LogP contribution in [0.3, 0.4) is 0 Å². The van der Waals surface area contributed by atoms with Gasteiger partial charge in [0.1, 0.15) is 6.61 Å². The molecular weight excluding hydrogens is 320 g/mol. The second kappa shape index (κ2) is 7.38. The van der Waals surface area contributed by atoms with Gasteiger partial charge in [0.2, 0.25) is 11.9 Å². The first-order valence-corrected chi connectivity index (χ1v) is 8.30. The van der Waals surface area contributed by atoms with Gasteiger partial charge in [0, 0.05) is 5.56 Å². The third-order valence-electron chi connectivity index (χ3n) is 4.08. The van der Waals surface area contributed by atoms with Gasteiger partial charge in [0.25, 0.3) is 0 Å². The lowest BCUT2D eigenvalue weighted by molar-refractivity contribution is -0.157. The van der Waals surface area contributed by atoms with Crippen molar-refractivity contribution in [3.8, 4) is 11.5 Å². The van der Waals surface area contributed by atoms with Gasteiger partial charge in [-0.3, -0.25) is 4.79 Å². The van der Waals surface area contributed by atoms with Crippen molar-refractivity contribution in [1.29, 1.82) is 0 Å². The zero-order valence-corrected chi connectivity index (χ0v) is 14.2. The number of esters is 1. The maximum absolute atomic E-state index is 12.4. The summed E-state index contributed by atoms with van der Waals surface area (Å²) in [7, 11) is 0. The number of para-hydroxylation sites is 2. The standard InChI is InChI=1S/C20H20O5/c1-3-14-8-10-15(11-9-14)19(21)13(2)24-20(22)18-12-23-16-6-4-5-7-17(16)25-18/h4-11,13,18H,3,12H2,1-2H3/t13-,18-/m1/s1. The summed E-state index contributed by atoms with van der Waals surface area (Å²) >= 11 is 0. The molecule has 0 amide bonds. The molecule has 2 aromatic carbocycles.